The van der Waals surface area contributed by atoms with Gasteiger partial charge in [-0.25, -0.2) is 0 Å². The van der Waals surface area contributed by atoms with E-state index in [1.54, 1.807) is 19.3 Å². The van der Waals surface area contributed by atoms with E-state index in [1.165, 1.54) is 16.8 Å². The number of benzene rings is 3. The van der Waals surface area contributed by atoms with E-state index < -0.39 is 5.91 Å². The number of carbonyl (C=O) groups excluding carboxylic acids is 1. The summed E-state index contributed by atoms with van der Waals surface area (Å²) in [6.45, 7) is 2.45. The second-order valence-corrected chi connectivity index (χ2v) is 9.14. The lowest BCUT2D eigenvalue weighted by Gasteiger charge is -2.20. The van der Waals surface area contributed by atoms with Gasteiger partial charge in [0.15, 0.2) is 17.3 Å². The Balaban J connectivity index is 1.37. The third-order valence-corrected chi connectivity index (χ3v) is 6.69. The number of amidine groups is 2. The average molecular weight is 485 g/mol. The van der Waals surface area contributed by atoms with Crippen molar-refractivity contribution in [1.29, 1.82) is 5.41 Å². The van der Waals surface area contributed by atoms with Crippen molar-refractivity contribution < 1.29 is 14.3 Å². The number of amides is 1. The molecule has 2 heterocycles. The fourth-order valence-corrected chi connectivity index (χ4v) is 4.97. The lowest BCUT2D eigenvalue weighted by Crippen LogP contribution is -2.35. The zero-order valence-corrected chi connectivity index (χ0v) is 20.3. The normalized spacial score (nSPS) is 16.4. The van der Waals surface area contributed by atoms with Crippen LogP contribution < -0.4 is 9.47 Å². The molecule has 0 bridgehead atoms. The van der Waals surface area contributed by atoms with E-state index in [0.29, 0.717) is 28.8 Å². The second-order valence-electron chi connectivity index (χ2n) is 8.10. The molecule has 3 aromatic rings. The Kier molecular flexibility index (Phi) is 6.37. The topological polar surface area (TPSA) is 87.3 Å². The van der Waals surface area contributed by atoms with E-state index >= 15 is 0 Å². The van der Waals surface area contributed by atoms with Crippen molar-refractivity contribution >= 4 is 50.6 Å². The molecule has 176 valence electrons. The third kappa shape index (κ3) is 4.57. The molecule has 2 aliphatic heterocycles. The highest BCUT2D eigenvalue weighted by molar-refractivity contribution is 8.26. The molecule has 0 aliphatic carbocycles. The second kappa shape index (κ2) is 9.76. The molecule has 8 heteroatoms. The van der Waals surface area contributed by atoms with Crippen LogP contribution in [0.25, 0.3) is 16.8 Å². The summed E-state index contributed by atoms with van der Waals surface area (Å²) in [5, 5.41) is 18.0. The first-order valence-electron chi connectivity index (χ1n) is 11.3. The molecule has 35 heavy (non-hydrogen) atoms. The minimum atomic E-state index is -0.447. The molecule has 1 N–H and O–H groups in total. The summed E-state index contributed by atoms with van der Waals surface area (Å²) in [4.78, 5) is 16.8. The first-order valence-corrected chi connectivity index (χ1v) is 12.2. The number of methoxy groups -OCH3 is 1. The number of aliphatic imine (C=N–C) groups is 1. The Morgan fingerprint density at radius 2 is 1.91 bits per heavy atom. The molecule has 5 rings (SSSR count). The first kappa shape index (κ1) is 22.9. The number of nitrogens with one attached hydrogen (secondary N) is 1. The van der Waals surface area contributed by atoms with Gasteiger partial charge in [-0.05, 0) is 64.7 Å². The maximum Gasteiger partial charge on any atom is 0.283 e. The molecule has 0 unspecified atom stereocenters. The number of hydrogen-bond donors (Lipinski definition) is 1. The monoisotopic (exact) mass is 484 g/mol. The van der Waals surface area contributed by atoms with Gasteiger partial charge in [0, 0.05) is 0 Å². The van der Waals surface area contributed by atoms with Crippen LogP contribution in [0.1, 0.15) is 30.9 Å². The van der Waals surface area contributed by atoms with Gasteiger partial charge >= 0.3 is 0 Å². The number of rotatable bonds is 7. The number of ether oxygens (including phenoxy) is 2. The number of thioether (sulfide) groups is 1. The van der Waals surface area contributed by atoms with Crippen LogP contribution in [0.4, 0.5) is 0 Å². The van der Waals surface area contributed by atoms with Crippen molar-refractivity contribution in [2.45, 2.75) is 26.4 Å². The number of nitrogens with zero attached hydrogens (tertiary/aromatic N) is 3. The number of hydrogen-bond acceptors (Lipinski definition) is 6. The van der Waals surface area contributed by atoms with Crippen molar-refractivity contribution in [2.24, 2.45) is 10.1 Å². The minimum Gasteiger partial charge on any atom is -0.493 e. The van der Waals surface area contributed by atoms with Crippen LogP contribution in [0.5, 0.6) is 11.5 Å². The molecular weight excluding hydrogens is 460 g/mol. The molecule has 0 saturated heterocycles. The third-order valence-electron chi connectivity index (χ3n) is 5.72. The number of fused-ring (bicyclic) bond motifs is 2. The maximum absolute atomic E-state index is 12.7. The molecule has 1 amide bonds. The quantitative estimate of drug-likeness (QED) is 0.425. The highest BCUT2D eigenvalue weighted by Crippen LogP contribution is 2.33. The van der Waals surface area contributed by atoms with Crippen molar-refractivity contribution in [3.8, 4) is 11.5 Å². The zero-order chi connectivity index (χ0) is 24.4. The van der Waals surface area contributed by atoms with Crippen LogP contribution in [-0.2, 0) is 11.4 Å². The standard InChI is InChI=1S/C27H24N4O3S/c1-3-7-24-30-31-25(28)21(26(32)29-27(31)35-24)14-17-12-13-22(23(15-17)33-2)34-16-19-10-6-9-18-8-4-5-11-20(18)19/h4-6,8-15,28H,3,7,16H2,1-2H3. The van der Waals surface area contributed by atoms with Gasteiger partial charge < -0.3 is 9.47 Å². The van der Waals surface area contributed by atoms with Gasteiger partial charge in [-0.2, -0.15) is 15.1 Å². The Morgan fingerprint density at radius 1 is 1.09 bits per heavy atom. The smallest absolute Gasteiger partial charge is 0.283 e. The highest BCUT2D eigenvalue weighted by Gasteiger charge is 2.35. The summed E-state index contributed by atoms with van der Waals surface area (Å²) in [5.41, 5.74) is 1.97. The SMILES string of the molecule is CCCC1=NN2C(=N)C(=Cc3ccc(OCc4cccc5ccccc45)c(OC)c3)C(=O)N=C2S1. The molecule has 0 atom stereocenters. The van der Waals surface area contributed by atoms with E-state index in [2.05, 4.69) is 35.2 Å². The van der Waals surface area contributed by atoms with Gasteiger partial charge in [0.1, 0.15) is 11.7 Å². The molecule has 0 fully saturated rings. The van der Waals surface area contributed by atoms with Gasteiger partial charge in [-0.3, -0.25) is 10.2 Å². The molecule has 7 nitrogen and oxygen atoms in total. The van der Waals surface area contributed by atoms with Crippen molar-refractivity contribution in [3.63, 3.8) is 0 Å². The van der Waals surface area contributed by atoms with Gasteiger partial charge in [-0.15, -0.1) is 0 Å². The van der Waals surface area contributed by atoms with Crippen molar-refractivity contribution in [3.05, 3.63) is 77.4 Å². The fraction of sp³-hybridized carbons (Fsp3) is 0.185. The molecule has 0 spiro atoms. The Hall–Kier alpha value is -3.91. The molecule has 0 radical (unpaired) electrons. The Bertz CT molecular complexity index is 1420. The van der Waals surface area contributed by atoms with Crippen LogP contribution in [0, 0.1) is 5.41 Å². The highest BCUT2D eigenvalue weighted by atomic mass is 32.2. The largest absolute Gasteiger partial charge is 0.493 e. The van der Waals surface area contributed by atoms with E-state index in [0.717, 1.165) is 34.2 Å². The van der Waals surface area contributed by atoms with Crippen LogP contribution in [0.15, 0.2) is 76.3 Å². The Labute approximate surface area is 207 Å². The minimum absolute atomic E-state index is 0.0221. The van der Waals surface area contributed by atoms with Crippen molar-refractivity contribution in [2.75, 3.05) is 7.11 Å². The van der Waals surface area contributed by atoms with E-state index in [-0.39, 0.29) is 11.4 Å². The maximum atomic E-state index is 12.7. The van der Waals surface area contributed by atoms with Gasteiger partial charge in [-0.1, -0.05) is 55.5 Å². The molecule has 0 aromatic heterocycles. The molecule has 2 aliphatic rings. The lowest BCUT2D eigenvalue weighted by molar-refractivity contribution is -0.114. The Morgan fingerprint density at radius 3 is 2.74 bits per heavy atom. The summed E-state index contributed by atoms with van der Waals surface area (Å²) >= 11 is 1.35. The zero-order valence-electron chi connectivity index (χ0n) is 19.4. The summed E-state index contributed by atoms with van der Waals surface area (Å²) in [5.74, 6) is 0.710. The predicted molar refractivity (Wildman–Crippen MR) is 141 cm³/mol. The van der Waals surface area contributed by atoms with E-state index in [9.17, 15) is 4.79 Å². The lowest BCUT2D eigenvalue weighted by atomic mass is 10.1. The van der Waals surface area contributed by atoms with Gasteiger partial charge in [0.05, 0.1) is 12.7 Å². The predicted octanol–water partition coefficient (Wildman–Crippen LogP) is 5.85. The van der Waals surface area contributed by atoms with Crippen LogP contribution in [0.2, 0.25) is 0 Å². The van der Waals surface area contributed by atoms with Crippen LogP contribution in [-0.4, -0.2) is 34.1 Å². The van der Waals surface area contributed by atoms with E-state index in [4.69, 9.17) is 14.9 Å². The summed E-state index contributed by atoms with van der Waals surface area (Å²) in [7, 11) is 1.58. The molecular formula is C27H24N4O3S. The first-order chi connectivity index (χ1) is 17.1. The van der Waals surface area contributed by atoms with Crippen molar-refractivity contribution in [1.82, 2.24) is 5.01 Å². The summed E-state index contributed by atoms with van der Waals surface area (Å²) in [6.07, 6.45) is 3.36. The fourth-order valence-electron chi connectivity index (χ4n) is 3.98. The average Bonchev–Trinajstić information content (AvgIpc) is 3.28. The van der Waals surface area contributed by atoms with Crippen LogP contribution >= 0.6 is 11.8 Å². The van der Waals surface area contributed by atoms with Gasteiger partial charge in [0.2, 0.25) is 5.17 Å². The summed E-state index contributed by atoms with van der Waals surface area (Å²) < 4.78 is 11.7. The number of hydrazone groups is 1. The summed E-state index contributed by atoms with van der Waals surface area (Å²) in [6, 6.07) is 19.8. The number of carbonyl (C=O) groups is 1. The van der Waals surface area contributed by atoms with Gasteiger partial charge in [0.25, 0.3) is 5.91 Å². The molecule has 3 aromatic carbocycles. The van der Waals surface area contributed by atoms with Crippen LogP contribution in [0.3, 0.4) is 0 Å². The van der Waals surface area contributed by atoms with E-state index in [1.807, 2.05) is 36.4 Å². The molecule has 0 saturated carbocycles.